The molecule has 0 aliphatic carbocycles. The van der Waals surface area contributed by atoms with Crippen molar-refractivity contribution in [1.29, 1.82) is 0 Å². The maximum atomic E-state index is 11.8. The van der Waals surface area contributed by atoms with Crippen molar-refractivity contribution in [2.24, 2.45) is 5.92 Å². The van der Waals surface area contributed by atoms with Crippen molar-refractivity contribution in [1.82, 2.24) is 0 Å². The van der Waals surface area contributed by atoms with E-state index in [2.05, 4.69) is 18.6 Å². The summed E-state index contributed by atoms with van der Waals surface area (Å²) in [6, 6.07) is 0. The molecule has 0 bridgehead atoms. The largest absolute Gasteiger partial charge is 0.411 e. The number of hydrogen-bond acceptors (Lipinski definition) is 2. The first-order valence-electron chi connectivity index (χ1n) is 5.91. The van der Waals surface area contributed by atoms with Gasteiger partial charge in [-0.2, -0.15) is 13.2 Å². The second-order valence-corrected chi connectivity index (χ2v) is 5.21. The summed E-state index contributed by atoms with van der Waals surface area (Å²) in [5, 5.41) is 0. The minimum absolute atomic E-state index is 0.0637. The minimum atomic E-state index is -4.25. The van der Waals surface area contributed by atoms with Gasteiger partial charge in [-0.3, -0.25) is 0 Å². The number of alkyl halides is 3. The van der Waals surface area contributed by atoms with Crippen LogP contribution in [0.15, 0.2) is 0 Å². The molecule has 0 rings (SSSR count). The molecule has 0 atom stereocenters. The van der Waals surface area contributed by atoms with Crippen molar-refractivity contribution in [3.8, 4) is 0 Å². The van der Waals surface area contributed by atoms with Gasteiger partial charge in [0.15, 0.2) is 0 Å². The van der Waals surface area contributed by atoms with E-state index in [1.807, 2.05) is 13.8 Å². The maximum Gasteiger partial charge on any atom is 0.411 e. The van der Waals surface area contributed by atoms with E-state index >= 15 is 0 Å². The lowest BCUT2D eigenvalue weighted by molar-refractivity contribution is -0.177. The number of hydrogen-bond donors (Lipinski definition) is 0. The van der Waals surface area contributed by atoms with Crippen molar-refractivity contribution in [3.05, 3.63) is 0 Å². The normalized spacial score (nSPS) is 13.4. The van der Waals surface area contributed by atoms with Crippen LogP contribution in [0, 0.1) is 5.92 Å². The van der Waals surface area contributed by atoms with Gasteiger partial charge in [0.05, 0.1) is 5.60 Å². The van der Waals surface area contributed by atoms with Crippen LogP contribution in [0.5, 0.6) is 0 Å². The van der Waals surface area contributed by atoms with Crippen LogP contribution < -0.4 is 0 Å². The van der Waals surface area contributed by atoms with E-state index in [1.54, 1.807) is 0 Å². The Morgan fingerprint density at radius 3 is 2.12 bits per heavy atom. The fourth-order valence-electron chi connectivity index (χ4n) is 1.15. The molecule has 0 N–H and O–H groups in total. The summed E-state index contributed by atoms with van der Waals surface area (Å²) < 4.78 is 45.6. The molecular weight excluding hydrogens is 233 g/mol. The highest BCUT2D eigenvalue weighted by molar-refractivity contribution is 4.68. The van der Waals surface area contributed by atoms with Crippen molar-refractivity contribution in [2.45, 2.75) is 52.3 Å². The highest BCUT2D eigenvalue weighted by Crippen LogP contribution is 2.18. The average Bonchev–Trinajstić information content (AvgIpc) is 2.10. The number of ether oxygens (including phenoxy) is 2. The van der Waals surface area contributed by atoms with Crippen molar-refractivity contribution in [3.63, 3.8) is 0 Å². The van der Waals surface area contributed by atoms with Gasteiger partial charge in [-0.15, -0.1) is 0 Å². The second-order valence-electron chi connectivity index (χ2n) is 5.21. The van der Waals surface area contributed by atoms with Crippen LogP contribution in [0.2, 0.25) is 0 Å². The molecule has 5 heteroatoms. The molecule has 0 spiro atoms. The summed E-state index contributed by atoms with van der Waals surface area (Å²) >= 11 is 0. The lowest BCUT2D eigenvalue weighted by Crippen LogP contribution is -2.28. The molecule has 0 heterocycles. The molecule has 0 amide bonds. The van der Waals surface area contributed by atoms with Gasteiger partial charge in [0.25, 0.3) is 0 Å². The number of rotatable bonds is 8. The van der Waals surface area contributed by atoms with Crippen LogP contribution in [-0.4, -0.2) is 31.6 Å². The van der Waals surface area contributed by atoms with Gasteiger partial charge in [-0.1, -0.05) is 13.8 Å². The van der Waals surface area contributed by atoms with Gasteiger partial charge >= 0.3 is 6.18 Å². The Morgan fingerprint density at radius 2 is 1.65 bits per heavy atom. The standard InChI is InChI=1S/C12H23F3O2/c1-10(2)5-7-17-11(3,4)6-8-16-9-12(13,14)15/h10H,5-9H2,1-4H3. The maximum absolute atomic E-state index is 11.8. The molecule has 0 aliphatic heterocycles. The predicted octanol–water partition coefficient (Wildman–Crippen LogP) is 3.80. The Kier molecular flexibility index (Phi) is 7.09. The van der Waals surface area contributed by atoms with E-state index in [0.717, 1.165) is 6.42 Å². The molecule has 0 unspecified atom stereocenters. The van der Waals surface area contributed by atoms with Crippen LogP contribution in [0.25, 0.3) is 0 Å². The van der Waals surface area contributed by atoms with Crippen molar-refractivity contribution in [2.75, 3.05) is 19.8 Å². The van der Waals surface area contributed by atoms with E-state index < -0.39 is 18.4 Å². The zero-order valence-corrected chi connectivity index (χ0v) is 11.1. The first kappa shape index (κ1) is 16.7. The Labute approximate surface area is 101 Å². The lowest BCUT2D eigenvalue weighted by atomic mass is 10.1. The first-order valence-corrected chi connectivity index (χ1v) is 5.91. The van der Waals surface area contributed by atoms with Gasteiger partial charge in [0, 0.05) is 13.2 Å². The first-order chi connectivity index (χ1) is 7.62. The van der Waals surface area contributed by atoms with Crippen LogP contribution in [0.3, 0.4) is 0 Å². The third-order valence-corrected chi connectivity index (χ3v) is 2.30. The molecule has 0 aromatic heterocycles. The average molecular weight is 256 g/mol. The van der Waals surface area contributed by atoms with Crippen LogP contribution in [0.1, 0.15) is 40.5 Å². The Balaban J connectivity index is 3.63. The van der Waals surface area contributed by atoms with Gasteiger partial charge < -0.3 is 9.47 Å². The molecule has 0 aliphatic rings. The summed E-state index contributed by atoms with van der Waals surface area (Å²) in [5.41, 5.74) is -0.430. The third-order valence-electron chi connectivity index (χ3n) is 2.30. The fraction of sp³-hybridized carbons (Fsp3) is 1.00. The van der Waals surface area contributed by atoms with Gasteiger partial charge in [-0.25, -0.2) is 0 Å². The summed E-state index contributed by atoms with van der Waals surface area (Å²) in [6.45, 7) is 7.44. The van der Waals surface area contributed by atoms with E-state index in [-0.39, 0.29) is 6.61 Å². The zero-order valence-electron chi connectivity index (χ0n) is 11.1. The van der Waals surface area contributed by atoms with Gasteiger partial charge in [-0.05, 0) is 32.6 Å². The Bertz CT molecular complexity index is 200. The molecule has 0 fully saturated rings. The molecule has 0 radical (unpaired) electrons. The van der Waals surface area contributed by atoms with E-state index in [9.17, 15) is 13.2 Å². The molecule has 0 aromatic carbocycles. The van der Waals surface area contributed by atoms with Crippen LogP contribution >= 0.6 is 0 Å². The summed E-state index contributed by atoms with van der Waals surface area (Å²) in [6.07, 6.45) is -2.84. The van der Waals surface area contributed by atoms with Crippen molar-refractivity contribution < 1.29 is 22.6 Å². The molecule has 17 heavy (non-hydrogen) atoms. The van der Waals surface area contributed by atoms with Gasteiger partial charge in [0.1, 0.15) is 6.61 Å². The Morgan fingerprint density at radius 1 is 1.06 bits per heavy atom. The van der Waals surface area contributed by atoms with Gasteiger partial charge in [0.2, 0.25) is 0 Å². The quantitative estimate of drug-likeness (QED) is 0.615. The zero-order chi connectivity index (χ0) is 13.5. The molecular formula is C12H23F3O2. The molecule has 0 saturated carbocycles. The monoisotopic (exact) mass is 256 g/mol. The smallest absolute Gasteiger partial charge is 0.375 e. The highest BCUT2D eigenvalue weighted by Gasteiger charge is 2.28. The lowest BCUT2D eigenvalue weighted by Gasteiger charge is -2.25. The summed E-state index contributed by atoms with van der Waals surface area (Å²) in [5.74, 6) is 0.562. The minimum Gasteiger partial charge on any atom is -0.375 e. The third kappa shape index (κ3) is 12.0. The summed E-state index contributed by atoms with van der Waals surface area (Å²) in [7, 11) is 0. The summed E-state index contributed by atoms with van der Waals surface area (Å²) in [4.78, 5) is 0. The molecule has 0 aromatic rings. The van der Waals surface area contributed by atoms with Crippen LogP contribution in [-0.2, 0) is 9.47 Å². The van der Waals surface area contributed by atoms with Crippen LogP contribution in [0.4, 0.5) is 13.2 Å². The molecule has 104 valence electrons. The van der Waals surface area contributed by atoms with Crippen molar-refractivity contribution >= 4 is 0 Å². The Hall–Kier alpha value is -0.290. The topological polar surface area (TPSA) is 18.5 Å². The second kappa shape index (κ2) is 7.21. The van der Waals surface area contributed by atoms with E-state index in [0.29, 0.717) is 18.9 Å². The fourth-order valence-corrected chi connectivity index (χ4v) is 1.15. The SMILES string of the molecule is CC(C)CCOC(C)(C)CCOCC(F)(F)F. The highest BCUT2D eigenvalue weighted by atomic mass is 19.4. The molecule has 0 saturated heterocycles. The van der Waals surface area contributed by atoms with E-state index in [4.69, 9.17) is 4.74 Å². The number of halogens is 3. The van der Waals surface area contributed by atoms with E-state index in [1.165, 1.54) is 0 Å². The molecule has 2 nitrogen and oxygen atoms in total. The predicted molar refractivity (Wildman–Crippen MR) is 61.0 cm³/mol.